The molecule has 6 heteroatoms. The molecule has 6 nitrogen and oxygen atoms in total. The lowest BCUT2D eigenvalue weighted by molar-refractivity contribution is -0.122. The van der Waals surface area contributed by atoms with Crippen LogP contribution in [-0.2, 0) is 4.79 Å². The van der Waals surface area contributed by atoms with Crippen molar-refractivity contribution in [3.63, 3.8) is 0 Å². The Bertz CT molecular complexity index is 998. The second kappa shape index (κ2) is 10.1. The van der Waals surface area contributed by atoms with Gasteiger partial charge in [0.05, 0.1) is 5.69 Å². The van der Waals surface area contributed by atoms with Gasteiger partial charge in [-0.15, -0.1) is 0 Å². The highest BCUT2D eigenvalue weighted by Gasteiger charge is 2.11. The summed E-state index contributed by atoms with van der Waals surface area (Å²) in [4.78, 5) is 24.1. The summed E-state index contributed by atoms with van der Waals surface area (Å²) in [6.45, 7) is 4.34. The standard InChI is InChI=1S/C24H24N2O4/c1-3-25-23(27)16-29-19-14-10-18(11-15-19)24(28)26-21-6-4-5-7-22(21)30-20-12-8-17(2)9-13-20/h4-15H,3,16H2,1-2H3,(H,25,27)(H,26,28). The largest absolute Gasteiger partial charge is 0.484 e. The van der Waals surface area contributed by atoms with Crippen molar-refractivity contribution in [2.24, 2.45) is 0 Å². The normalized spacial score (nSPS) is 10.2. The molecule has 3 aromatic carbocycles. The van der Waals surface area contributed by atoms with Crippen molar-refractivity contribution in [3.05, 3.63) is 83.9 Å². The molecule has 0 aliphatic heterocycles. The fraction of sp³-hybridized carbons (Fsp3) is 0.167. The number of amides is 2. The number of hydrogen-bond acceptors (Lipinski definition) is 4. The molecule has 3 aromatic rings. The molecule has 0 aliphatic carbocycles. The molecule has 0 aromatic heterocycles. The van der Waals surface area contributed by atoms with Crippen LogP contribution in [0.2, 0.25) is 0 Å². The number of benzene rings is 3. The SMILES string of the molecule is CCNC(=O)COc1ccc(C(=O)Nc2ccccc2Oc2ccc(C)cc2)cc1. The zero-order valence-corrected chi connectivity index (χ0v) is 17.0. The maximum absolute atomic E-state index is 12.7. The first-order chi connectivity index (χ1) is 14.5. The lowest BCUT2D eigenvalue weighted by atomic mass is 10.2. The fourth-order valence-corrected chi connectivity index (χ4v) is 2.69. The molecule has 0 radical (unpaired) electrons. The quantitative estimate of drug-likeness (QED) is 0.577. The van der Waals surface area contributed by atoms with Gasteiger partial charge in [0.15, 0.2) is 12.4 Å². The van der Waals surface area contributed by atoms with Gasteiger partial charge in [-0.1, -0.05) is 29.8 Å². The first kappa shape index (κ1) is 20.9. The predicted molar refractivity (Wildman–Crippen MR) is 116 cm³/mol. The average molecular weight is 404 g/mol. The van der Waals surface area contributed by atoms with Crippen LogP contribution in [0, 0.1) is 6.92 Å². The van der Waals surface area contributed by atoms with E-state index in [1.807, 2.05) is 50.2 Å². The Labute approximate surface area is 175 Å². The van der Waals surface area contributed by atoms with E-state index in [1.165, 1.54) is 0 Å². The molecule has 0 aliphatic rings. The molecule has 0 saturated carbocycles. The van der Waals surface area contributed by atoms with E-state index < -0.39 is 0 Å². The Kier molecular flexibility index (Phi) is 7.05. The van der Waals surface area contributed by atoms with Crippen LogP contribution in [0.4, 0.5) is 5.69 Å². The third-order valence-corrected chi connectivity index (χ3v) is 4.24. The van der Waals surface area contributed by atoms with Gasteiger partial charge >= 0.3 is 0 Å². The van der Waals surface area contributed by atoms with Crippen molar-refractivity contribution < 1.29 is 19.1 Å². The van der Waals surface area contributed by atoms with E-state index in [0.717, 1.165) is 5.56 Å². The monoisotopic (exact) mass is 404 g/mol. The molecular formula is C24H24N2O4. The Morgan fingerprint density at radius 1 is 0.867 bits per heavy atom. The van der Waals surface area contributed by atoms with Crippen molar-refractivity contribution in [2.75, 3.05) is 18.5 Å². The van der Waals surface area contributed by atoms with E-state index in [4.69, 9.17) is 9.47 Å². The molecule has 0 heterocycles. The molecular weight excluding hydrogens is 380 g/mol. The van der Waals surface area contributed by atoms with Crippen LogP contribution in [0.25, 0.3) is 0 Å². The highest BCUT2D eigenvalue weighted by Crippen LogP contribution is 2.29. The Morgan fingerprint density at radius 3 is 2.23 bits per heavy atom. The Balaban J connectivity index is 1.64. The molecule has 0 spiro atoms. The van der Waals surface area contributed by atoms with Crippen molar-refractivity contribution in [1.82, 2.24) is 5.32 Å². The first-order valence-corrected chi connectivity index (χ1v) is 9.69. The van der Waals surface area contributed by atoms with E-state index in [-0.39, 0.29) is 18.4 Å². The van der Waals surface area contributed by atoms with Gasteiger partial charge in [0.2, 0.25) is 0 Å². The number of para-hydroxylation sites is 2. The van der Waals surface area contributed by atoms with E-state index >= 15 is 0 Å². The second-order valence-corrected chi connectivity index (χ2v) is 6.63. The summed E-state index contributed by atoms with van der Waals surface area (Å²) >= 11 is 0. The number of anilines is 1. The number of carbonyl (C=O) groups is 2. The van der Waals surface area contributed by atoms with Crippen LogP contribution in [0.5, 0.6) is 17.2 Å². The lowest BCUT2D eigenvalue weighted by Gasteiger charge is -2.13. The van der Waals surface area contributed by atoms with Gasteiger partial charge < -0.3 is 20.1 Å². The van der Waals surface area contributed by atoms with Crippen LogP contribution in [-0.4, -0.2) is 25.0 Å². The van der Waals surface area contributed by atoms with Crippen molar-refractivity contribution in [3.8, 4) is 17.2 Å². The van der Waals surface area contributed by atoms with Gasteiger partial charge in [0, 0.05) is 12.1 Å². The minimum atomic E-state index is -0.273. The van der Waals surface area contributed by atoms with Crippen LogP contribution < -0.4 is 20.1 Å². The number of nitrogens with one attached hydrogen (secondary N) is 2. The van der Waals surface area contributed by atoms with Crippen LogP contribution in [0.15, 0.2) is 72.8 Å². The zero-order valence-electron chi connectivity index (χ0n) is 17.0. The Hall–Kier alpha value is -3.80. The molecule has 0 fully saturated rings. The van der Waals surface area contributed by atoms with Gasteiger partial charge in [-0.25, -0.2) is 0 Å². The molecule has 0 saturated heterocycles. The summed E-state index contributed by atoms with van der Waals surface area (Å²) in [6, 6.07) is 21.6. The number of likely N-dealkylation sites (N-methyl/N-ethyl adjacent to an activating group) is 1. The minimum absolute atomic E-state index is 0.0664. The minimum Gasteiger partial charge on any atom is -0.484 e. The summed E-state index contributed by atoms with van der Waals surface area (Å²) in [7, 11) is 0. The number of carbonyl (C=O) groups excluding carboxylic acids is 2. The number of hydrogen-bond donors (Lipinski definition) is 2. The zero-order chi connectivity index (χ0) is 21.3. The molecule has 0 unspecified atom stereocenters. The third kappa shape index (κ3) is 5.85. The predicted octanol–water partition coefficient (Wildman–Crippen LogP) is 4.55. The van der Waals surface area contributed by atoms with Crippen LogP contribution >= 0.6 is 0 Å². The van der Waals surface area contributed by atoms with Gasteiger partial charge in [-0.2, -0.15) is 0 Å². The highest BCUT2D eigenvalue weighted by atomic mass is 16.5. The summed E-state index contributed by atoms with van der Waals surface area (Å²) in [6.07, 6.45) is 0. The van der Waals surface area contributed by atoms with Crippen LogP contribution in [0.1, 0.15) is 22.8 Å². The third-order valence-electron chi connectivity index (χ3n) is 4.24. The number of ether oxygens (including phenoxy) is 2. The van der Waals surface area contributed by atoms with E-state index in [0.29, 0.717) is 35.0 Å². The van der Waals surface area contributed by atoms with E-state index in [1.54, 1.807) is 36.4 Å². The summed E-state index contributed by atoms with van der Waals surface area (Å²) in [5.74, 6) is 1.29. The lowest BCUT2D eigenvalue weighted by Crippen LogP contribution is -2.28. The average Bonchev–Trinajstić information content (AvgIpc) is 2.76. The molecule has 2 amide bonds. The van der Waals surface area contributed by atoms with Gasteiger partial charge in [0.25, 0.3) is 11.8 Å². The second-order valence-electron chi connectivity index (χ2n) is 6.63. The topological polar surface area (TPSA) is 76.7 Å². The highest BCUT2D eigenvalue weighted by molar-refractivity contribution is 6.05. The number of aryl methyl sites for hydroxylation is 1. The Morgan fingerprint density at radius 2 is 1.53 bits per heavy atom. The van der Waals surface area contributed by atoms with Crippen molar-refractivity contribution in [1.29, 1.82) is 0 Å². The smallest absolute Gasteiger partial charge is 0.257 e. The molecule has 0 atom stereocenters. The molecule has 3 rings (SSSR count). The molecule has 30 heavy (non-hydrogen) atoms. The summed E-state index contributed by atoms with van der Waals surface area (Å²) in [5, 5.41) is 5.53. The molecule has 2 N–H and O–H groups in total. The van der Waals surface area contributed by atoms with Gasteiger partial charge in [-0.3, -0.25) is 9.59 Å². The van der Waals surface area contributed by atoms with Gasteiger partial charge in [0.1, 0.15) is 11.5 Å². The van der Waals surface area contributed by atoms with Crippen molar-refractivity contribution in [2.45, 2.75) is 13.8 Å². The van der Waals surface area contributed by atoms with Crippen LogP contribution in [0.3, 0.4) is 0 Å². The summed E-state index contributed by atoms with van der Waals surface area (Å²) < 4.78 is 11.3. The van der Waals surface area contributed by atoms with Gasteiger partial charge in [-0.05, 0) is 62.4 Å². The number of rotatable bonds is 8. The van der Waals surface area contributed by atoms with Crippen molar-refractivity contribution >= 4 is 17.5 Å². The maximum atomic E-state index is 12.7. The fourth-order valence-electron chi connectivity index (χ4n) is 2.69. The summed E-state index contributed by atoms with van der Waals surface area (Å²) in [5.41, 5.74) is 2.17. The van der Waals surface area contributed by atoms with E-state index in [9.17, 15) is 9.59 Å². The molecule has 0 bridgehead atoms. The first-order valence-electron chi connectivity index (χ1n) is 9.69. The maximum Gasteiger partial charge on any atom is 0.257 e. The van der Waals surface area contributed by atoms with E-state index in [2.05, 4.69) is 10.6 Å². The molecule has 154 valence electrons.